The highest BCUT2D eigenvalue weighted by atomic mass is 19.4. The summed E-state index contributed by atoms with van der Waals surface area (Å²) in [4.78, 5) is 12.3. The first-order chi connectivity index (χ1) is 9.61. The van der Waals surface area contributed by atoms with Gasteiger partial charge in [0.2, 0.25) is 0 Å². The molecular weight excluding hydrogens is 285 g/mol. The fourth-order valence-electron chi connectivity index (χ4n) is 2.15. The number of aromatic nitrogens is 4. The van der Waals surface area contributed by atoms with Crippen molar-refractivity contribution in [1.82, 2.24) is 19.6 Å². The van der Waals surface area contributed by atoms with Crippen molar-refractivity contribution in [3.63, 3.8) is 0 Å². The number of alkyl halides is 3. The smallest absolute Gasteiger partial charge is 0.270 e. The second-order valence-electron chi connectivity index (χ2n) is 4.97. The van der Waals surface area contributed by atoms with E-state index in [4.69, 9.17) is 0 Å². The van der Waals surface area contributed by atoms with Crippen molar-refractivity contribution in [2.75, 3.05) is 0 Å². The Morgan fingerprint density at radius 2 is 1.76 bits per heavy atom. The summed E-state index contributed by atoms with van der Waals surface area (Å²) < 4.78 is 40.2. The van der Waals surface area contributed by atoms with Crippen LogP contribution in [0.2, 0.25) is 0 Å². The minimum atomic E-state index is -4.53. The molecule has 8 heteroatoms. The average Bonchev–Trinajstić information content (AvgIpc) is 2.90. The van der Waals surface area contributed by atoms with E-state index >= 15 is 0 Å². The van der Waals surface area contributed by atoms with Crippen LogP contribution in [0.3, 0.4) is 0 Å². The third-order valence-electron chi connectivity index (χ3n) is 3.16. The predicted molar refractivity (Wildman–Crippen MR) is 69.0 cm³/mol. The molecule has 5 nitrogen and oxygen atoms in total. The van der Waals surface area contributed by atoms with E-state index < -0.39 is 23.8 Å². The van der Waals surface area contributed by atoms with Gasteiger partial charge in [-0.05, 0) is 39.8 Å². The Labute approximate surface area is 119 Å². The molecule has 0 saturated carbocycles. The number of carbonyl (C=O) groups is 1. The first-order valence-corrected chi connectivity index (χ1v) is 6.32. The minimum Gasteiger partial charge on any atom is -0.270 e. The number of rotatable bonds is 2. The number of aryl methyl sites for hydroxylation is 3. The maximum Gasteiger partial charge on any atom is 0.435 e. The summed E-state index contributed by atoms with van der Waals surface area (Å²) in [6.45, 7) is 6.43. The lowest BCUT2D eigenvalue weighted by Crippen LogP contribution is -2.26. The number of nitrogens with zero attached hydrogens (tertiary/aromatic N) is 4. The Morgan fingerprint density at radius 3 is 2.19 bits per heavy atom. The van der Waals surface area contributed by atoms with E-state index in [-0.39, 0.29) is 5.69 Å². The molecule has 2 aromatic heterocycles. The third kappa shape index (κ3) is 2.84. The number of carbonyl (C=O) groups excluding carboxylic acids is 1. The van der Waals surface area contributed by atoms with E-state index in [9.17, 15) is 18.0 Å². The molecule has 2 aromatic rings. The lowest BCUT2D eigenvalue weighted by atomic mass is 10.3. The molecule has 0 spiro atoms. The topological polar surface area (TPSA) is 52.7 Å². The van der Waals surface area contributed by atoms with Gasteiger partial charge in [-0.1, -0.05) is 0 Å². The maximum absolute atomic E-state index is 12.7. The van der Waals surface area contributed by atoms with Gasteiger partial charge in [-0.3, -0.25) is 9.48 Å². The fourth-order valence-corrected chi connectivity index (χ4v) is 2.15. The van der Waals surface area contributed by atoms with Crippen molar-refractivity contribution < 1.29 is 18.0 Å². The molecule has 0 amide bonds. The summed E-state index contributed by atoms with van der Waals surface area (Å²) in [5.74, 6) is -0.430. The zero-order valence-electron chi connectivity index (χ0n) is 12.1. The van der Waals surface area contributed by atoms with Crippen molar-refractivity contribution in [2.24, 2.45) is 0 Å². The van der Waals surface area contributed by atoms with Crippen LogP contribution in [0, 0.1) is 20.8 Å². The van der Waals surface area contributed by atoms with E-state index in [1.165, 1.54) is 18.5 Å². The van der Waals surface area contributed by atoms with E-state index in [1.807, 2.05) is 0 Å². The molecule has 0 aliphatic carbocycles. The van der Waals surface area contributed by atoms with Crippen molar-refractivity contribution in [3.8, 4) is 0 Å². The van der Waals surface area contributed by atoms with Crippen LogP contribution in [0.15, 0.2) is 12.1 Å². The summed E-state index contributed by atoms with van der Waals surface area (Å²) in [7, 11) is 0. The van der Waals surface area contributed by atoms with E-state index in [0.717, 1.165) is 10.7 Å². The van der Waals surface area contributed by atoms with Crippen molar-refractivity contribution >= 4 is 5.91 Å². The Hall–Kier alpha value is -2.12. The highest BCUT2D eigenvalue weighted by Crippen LogP contribution is 2.29. The van der Waals surface area contributed by atoms with Gasteiger partial charge in [-0.25, -0.2) is 4.68 Å². The Bertz CT molecular complexity index is 684. The highest BCUT2D eigenvalue weighted by molar-refractivity contribution is 5.82. The summed E-state index contributed by atoms with van der Waals surface area (Å²) in [6, 6.07) is 1.77. The largest absolute Gasteiger partial charge is 0.435 e. The van der Waals surface area contributed by atoms with Crippen LogP contribution >= 0.6 is 0 Å². The number of hydrogen-bond donors (Lipinski definition) is 0. The van der Waals surface area contributed by atoms with Crippen molar-refractivity contribution in [1.29, 1.82) is 0 Å². The number of hydrogen-bond acceptors (Lipinski definition) is 3. The van der Waals surface area contributed by atoms with Gasteiger partial charge in [-0.15, -0.1) is 0 Å². The van der Waals surface area contributed by atoms with Crippen molar-refractivity contribution in [2.45, 2.75) is 39.9 Å². The van der Waals surface area contributed by atoms with Gasteiger partial charge >= 0.3 is 6.18 Å². The van der Waals surface area contributed by atoms with Crippen LogP contribution in [0.5, 0.6) is 0 Å². The van der Waals surface area contributed by atoms with Crippen LogP contribution in [0.1, 0.15) is 40.5 Å². The van der Waals surface area contributed by atoms with Crippen LogP contribution in [0.4, 0.5) is 13.2 Å². The molecule has 0 radical (unpaired) electrons. The molecule has 0 aliphatic rings. The Kier molecular flexibility index (Phi) is 3.65. The Morgan fingerprint density at radius 1 is 1.14 bits per heavy atom. The maximum atomic E-state index is 12.7. The molecule has 21 heavy (non-hydrogen) atoms. The summed E-state index contributed by atoms with van der Waals surface area (Å²) in [5, 5.41) is 7.54. The molecule has 2 rings (SSSR count). The van der Waals surface area contributed by atoms with Gasteiger partial charge in [0, 0.05) is 11.4 Å². The lowest BCUT2D eigenvalue weighted by molar-refractivity contribution is -0.141. The molecule has 0 N–H and O–H groups in total. The number of halogens is 3. The molecule has 0 fully saturated rings. The summed E-state index contributed by atoms with van der Waals surface area (Å²) >= 11 is 0. The molecule has 1 unspecified atom stereocenters. The lowest BCUT2D eigenvalue weighted by Gasteiger charge is -2.14. The highest BCUT2D eigenvalue weighted by Gasteiger charge is 2.35. The van der Waals surface area contributed by atoms with Gasteiger partial charge in [0.25, 0.3) is 5.91 Å². The second-order valence-corrected chi connectivity index (χ2v) is 4.97. The van der Waals surface area contributed by atoms with Crippen LogP contribution in [-0.4, -0.2) is 25.5 Å². The average molecular weight is 300 g/mol. The molecule has 2 heterocycles. The standard InChI is InChI=1S/C13H15F3N4O/c1-7-5-8(2)20(17-7)12(21)10(4)19-9(3)6-11(18-19)13(14,15)16/h5-6,10H,1-4H3. The first-order valence-electron chi connectivity index (χ1n) is 6.32. The Balaban J connectivity index is 2.36. The van der Waals surface area contributed by atoms with Crippen molar-refractivity contribution in [3.05, 3.63) is 34.9 Å². The SMILES string of the molecule is Cc1cc(C)n(C(=O)C(C)n2nc(C(F)(F)F)cc2C)n1. The monoisotopic (exact) mass is 300 g/mol. The summed E-state index contributed by atoms with van der Waals surface area (Å²) in [5.41, 5.74) is 0.559. The van der Waals surface area contributed by atoms with Gasteiger partial charge in [0.05, 0.1) is 5.69 Å². The molecule has 0 aliphatic heterocycles. The van der Waals surface area contributed by atoms with Crippen LogP contribution in [-0.2, 0) is 6.18 Å². The zero-order valence-corrected chi connectivity index (χ0v) is 12.1. The van der Waals surface area contributed by atoms with E-state index in [2.05, 4.69) is 10.2 Å². The molecular formula is C13H15F3N4O. The van der Waals surface area contributed by atoms with Crippen LogP contribution < -0.4 is 0 Å². The molecule has 0 saturated heterocycles. The quantitative estimate of drug-likeness (QED) is 0.857. The predicted octanol–water partition coefficient (Wildman–Crippen LogP) is 2.93. The molecule has 1 atom stereocenters. The van der Waals surface area contributed by atoms with Gasteiger partial charge in [0.1, 0.15) is 6.04 Å². The zero-order chi connectivity index (χ0) is 15.9. The third-order valence-corrected chi connectivity index (χ3v) is 3.16. The minimum absolute atomic E-state index is 0.268. The second kappa shape index (κ2) is 5.01. The summed E-state index contributed by atoms with van der Waals surface area (Å²) in [6.07, 6.45) is -4.53. The first kappa shape index (κ1) is 15.3. The van der Waals surface area contributed by atoms with Crippen LogP contribution in [0.25, 0.3) is 0 Å². The van der Waals surface area contributed by atoms with Gasteiger partial charge < -0.3 is 0 Å². The van der Waals surface area contributed by atoms with Gasteiger partial charge in [-0.2, -0.15) is 23.4 Å². The molecule has 114 valence electrons. The normalized spacial score (nSPS) is 13.5. The molecule has 0 bridgehead atoms. The molecule has 0 aromatic carbocycles. The van der Waals surface area contributed by atoms with E-state index in [0.29, 0.717) is 11.4 Å². The van der Waals surface area contributed by atoms with E-state index in [1.54, 1.807) is 19.9 Å². The van der Waals surface area contributed by atoms with Gasteiger partial charge in [0.15, 0.2) is 5.69 Å². The fraction of sp³-hybridized carbons (Fsp3) is 0.462.